The van der Waals surface area contributed by atoms with E-state index in [-0.39, 0.29) is 24.6 Å². The summed E-state index contributed by atoms with van der Waals surface area (Å²) in [6, 6.07) is 22.3. The predicted molar refractivity (Wildman–Crippen MR) is 135 cm³/mol. The first-order valence-electron chi connectivity index (χ1n) is 12.2. The van der Waals surface area contributed by atoms with Gasteiger partial charge in [0.2, 0.25) is 0 Å². The fourth-order valence-electron chi connectivity index (χ4n) is 4.37. The summed E-state index contributed by atoms with van der Waals surface area (Å²) in [7, 11) is 0. The zero-order chi connectivity index (χ0) is 26.4. The maximum atomic E-state index is 14.3. The molecule has 0 bridgehead atoms. The number of imidazole rings is 1. The minimum absolute atomic E-state index is 0.0459. The summed E-state index contributed by atoms with van der Waals surface area (Å²) < 4.78 is 58.7. The van der Waals surface area contributed by atoms with Crippen molar-refractivity contribution in [2.75, 3.05) is 0 Å². The molecule has 4 nitrogen and oxygen atoms in total. The number of hydrogen-bond donors (Lipinski definition) is 1. The molecule has 0 radical (unpaired) electrons. The average molecular weight is 512 g/mol. The van der Waals surface area contributed by atoms with E-state index in [9.17, 15) is 22.7 Å². The van der Waals surface area contributed by atoms with Crippen LogP contribution in [-0.2, 0) is 32.4 Å². The van der Waals surface area contributed by atoms with E-state index in [4.69, 9.17) is 0 Å². The molecule has 194 valence electrons. The summed E-state index contributed by atoms with van der Waals surface area (Å²) in [5.41, 5.74) is 1.25. The molecule has 0 amide bonds. The van der Waals surface area contributed by atoms with E-state index in [1.54, 1.807) is 34.9 Å². The second kappa shape index (κ2) is 11.6. The molecule has 0 spiro atoms. The number of rotatable bonds is 10. The summed E-state index contributed by atoms with van der Waals surface area (Å²) in [6.07, 6.45) is -3.13. The molecule has 1 heterocycles. The standard InChI is InChI=1S/C29H29F4N3O/c1-2-3-16-36-25(27(29(31,32)33)34-28(36)23-12-8-5-9-13-23)20-35(18-21-10-6-4-7-11-21)19-22-14-15-26(37)24(30)17-22/h4-15,17,37H,2-3,16,18-20H2,1H3. The Balaban J connectivity index is 1.79. The highest BCUT2D eigenvalue weighted by atomic mass is 19.4. The molecule has 1 N–H and O–H groups in total. The normalized spacial score (nSPS) is 11.8. The van der Waals surface area contributed by atoms with E-state index in [1.807, 2.05) is 48.2 Å². The van der Waals surface area contributed by atoms with Crippen molar-refractivity contribution < 1.29 is 22.7 Å². The third-order valence-corrected chi connectivity index (χ3v) is 6.15. The molecule has 0 saturated carbocycles. The summed E-state index contributed by atoms with van der Waals surface area (Å²) in [6.45, 7) is 2.87. The molecule has 0 aliphatic rings. The molecule has 4 aromatic rings. The van der Waals surface area contributed by atoms with Crippen molar-refractivity contribution in [3.8, 4) is 17.1 Å². The third kappa shape index (κ3) is 6.57. The van der Waals surface area contributed by atoms with Crippen LogP contribution >= 0.6 is 0 Å². The Hall–Kier alpha value is -3.65. The molecule has 0 unspecified atom stereocenters. The zero-order valence-corrected chi connectivity index (χ0v) is 20.5. The molecule has 0 atom stereocenters. The van der Waals surface area contributed by atoms with Crippen LogP contribution in [-0.4, -0.2) is 19.6 Å². The first-order valence-corrected chi connectivity index (χ1v) is 12.2. The Morgan fingerprint density at radius 2 is 1.51 bits per heavy atom. The van der Waals surface area contributed by atoms with Crippen LogP contribution in [0.4, 0.5) is 17.6 Å². The minimum atomic E-state index is -4.64. The lowest BCUT2D eigenvalue weighted by molar-refractivity contribution is -0.141. The molecule has 3 aromatic carbocycles. The maximum absolute atomic E-state index is 14.3. The van der Waals surface area contributed by atoms with Gasteiger partial charge in [0.15, 0.2) is 17.3 Å². The van der Waals surface area contributed by atoms with E-state index in [2.05, 4.69) is 4.98 Å². The van der Waals surface area contributed by atoms with Crippen LogP contribution < -0.4 is 0 Å². The van der Waals surface area contributed by atoms with E-state index in [0.717, 1.165) is 12.0 Å². The Bertz CT molecular complexity index is 1300. The quantitative estimate of drug-likeness (QED) is 0.225. The van der Waals surface area contributed by atoms with Crippen molar-refractivity contribution in [1.82, 2.24) is 14.5 Å². The number of nitrogens with zero attached hydrogens (tertiary/aromatic N) is 3. The van der Waals surface area contributed by atoms with Crippen molar-refractivity contribution in [2.45, 2.75) is 52.1 Å². The topological polar surface area (TPSA) is 41.3 Å². The highest BCUT2D eigenvalue weighted by Gasteiger charge is 2.39. The van der Waals surface area contributed by atoms with Crippen LogP contribution in [0.2, 0.25) is 0 Å². The second-order valence-corrected chi connectivity index (χ2v) is 9.02. The van der Waals surface area contributed by atoms with Gasteiger partial charge in [-0.1, -0.05) is 80.1 Å². The lowest BCUT2D eigenvalue weighted by Gasteiger charge is -2.25. The van der Waals surface area contributed by atoms with Crippen LogP contribution in [0.25, 0.3) is 11.4 Å². The second-order valence-electron chi connectivity index (χ2n) is 9.02. The van der Waals surface area contributed by atoms with Crippen LogP contribution in [0.1, 0.15) is 42.3 Å². The van der Waals surface area contributed by atoms with Gasteiger partial charge in [0.05, 0.1) is 5.69 Å². The number of hydrogen-bond acceptors (Lipinski definition) is 3. The van der Waals surface area contributed by atoms with Gasteiger partial charge < -0.3 is 9.67 Å². The Kier molecular flexibility index (Phi) is 8.28. The summed E-state index contributed by atoms with van der Waals surface area (Å²) in [5, 5.41) is 9.58. The lowest BCUT2D eigenvalue weighted by atomic mass is 10.1. The van der Waals surface area contributed by atoms with Crippen LogP contribution in [0.15, 0.2) is 78.9 Å². The van der Waals surface area contributed by atoms with Crippen molar-refractivity contribution in [3.05, 3.63) is 107 Å². The molecule has 0 aliphatic heterocycles. The lowest BCUT2D eigenvalue weighted by Crippen LogP contribution is -2.26. The number of halogens is 4. The Morgan fingerprint density at radius 1 is 0.865 bits per heavy atom. The fraction of sp³-hybridized carbons (Fsp3) is 0.276. The highest BCUT2D eigenvalue weighted by Crippen LogP contribution is 2.36. The first-order chi connectivity index (χ1) is 17.8. The molecule has 0 aliphatic carbocycles. The van der Waals surface area contributed by atoms with E-state index in [0.29, 0.717) is 30.6 Å². The van der Waals surface area contributed by atoms with Gasteiger partial charge in [0, 0.05) is 31.7 Å². The molecular weight excluding hydrogens is 482 g/mol. The highest BCUT2D eigenvalue weighted by molar-refractivity contribution is 5.57. The van der Waals surface area contributed by atoms with E-state index >= 15 is 0 Å². The fourth-order valence-corrected chi connectivity index (χ4v) is 4.37. The molecule has 8 heteroatoms. The first kappa shape index (κ1) is 26.4. The SMILES string of the molecule is CCCCn1c(-c2ccccc2)nc(C(F)(F)F)c1CN(Cc1ccccc1)Cc1ccc(O)c(F)c1. The number of unbranched alkanes of at least 4 members (excludes halogenated alkanes) is 1. The number of aromatic nitrogens is 2. The van der Waals surface area contributed by atoms with Gasteiger partial charge in [-0.15, -0.1) is 0 Å². The van der Waals surface area contributed by atoms with Crippen LogP contribution in [0.5, 0.6) is 5.75 Å². The number of aromatic hydroxyl groups is 1. The van der Waals surface area contributed by atoms with Gasteiger partial charge in [0.25, 0.3) is 0 Å². The summed E-state index contributed by atoms with van der Waals surface area (Å²) in [5.74, 6) is -0.956. The number of benzene rings is 3. The molecule has 0 saturated heterocycles. The summed E-state index contributed by atoms with van der Waals surface area (Å²) in [4.78, 5) is 5.95. The molecule has 1 aromatic heterocycles. The van der Waals surface area contributed by atoms with Gasteiger partial charge in [-0.25, -0.2) is 9.37 Å². The van der Waals surface area contributed by atoms with Crippen LogP contribution in [0.3, 0.4) is 0 Å². The van der Waals surface area contributed by atoms with E-state index < -0.39 is 23.4 Å². The smallest absolute Gasteiger partial charge is 0.435 e. The van der Waals surface area contributed by atoms with E-state index in [1.165, 1.54) is 12.1 Å². The van der Waals surface area contributed by atoms with Gasteiger partial charge in [-0.05, 0) is 29.7 Å². The number of phenols is 1. The van der Waals surface area contributed by atoms with Crippen molar-refractivity contribution in [3.63, 3.8) is 0 Å². The van der Waals surface area contributed by atoms with Gasteiger partial charge >= 0.3 is 6.18 Å². The van der Waals surface area contributed by atoms with Crippen molar-refractivity contribution in [1.29, 1.82) is 0 Å². The average Bonchev–Trinajstić information content (AvgIpc) is 3.24. The Labute approximate surface area is 213 Å². The number of alkyl halides is 3. The predicted octanol–water partition coefficient (Wildman–Crippen LogP) is 7.42. The van der Waals surface area contributed by atoms with Gasteiger partial charge in [-0.3, -0.25) is 4.90 Å². The minimum Gasteiger partial charge on any atom is -0.505 e. The molecule has 0 fully saturated rings. The molecule has 4 rings (SSSR count). The Morgan fingerprint density at radius 3 is 2.14 bits per heavy atom. The largest absolute Gasteiger partial charge is 0.505 e. The van der Waals surface area contributed by atoms with Crippen molar-refractivity contribution >= 4 is 0 Å². The van der Waals surface area contributed by atoms with Crippen molar-refractivity contribution in [2.24, 2.45) is 0 Å². The zero-order valence-electron chi connectivity index (χ0n) is 20.5. The van der Waals surface area contributed by atoms with Gasteiger partial charge in [-0.2, -0.15) is 13.2 Å². The van der Waals surface area contributed by atoms with Gasteiger partial charge in [0.1, 0.15) is 5.82 Å². The van der Waals surface area contributed by atoms with Crippen LogP contribution in [0, 0.1) is 5.82 Å². The summed E-state index contributed by atoms with van der Waals surface area (Å²) >= 11 is 0. The monoisotopic (exact) mass is 511 g/mol. The molecular formula is C29H29F4N3O. The number of phenolic OH excluding ortho intramolecular Hbond substituents is 1. The maximum Gasteiger partial charge on any atom is 0.435 e. The third-order valence-electron chi connectivity index (χ3n) is 6.15. The molecule has 37 heavy (non-hydrogen) atoms.